The van der Waals surface area contributed by atoms with Gasteiger partial charge in [0.1, 0.15) is 5.60 Å². The Morgan fingerprint density at radius 2 is 1.91 bits per heavy atom. The molecule has 4 rings (SSSR count). The number of piperidine rings is 1. The number of methoxy groups -OCH3 is 1. The molecule has 1 amide bonds. The molecular formula is C24H31N3O5. The van der Waals surface area contributed by atoms with Gasteiger partial charge in [-0.1, -0.05) is 12.1 Å². The predicted molar refractivity (Wildman–Crippen MR) is 119 cm³/mol. The topological polar surface area (TPSA) is 84.4 Å². The van der Waals surface area contributed by atoms with Crippen LogP contribution in [-0.2, 0) is 21.7 Å². The lowest BCUT2D eigenvalue weighted by Crippen LogP contribution is -2.43. The van der Waals surface area contributed by atoms with Gasteiger partial charge in [-0.15, -0.1) is 0 Å². The number of benzene rings is 1. The second kappa shape index (κ2) is 10.3. The standard InChI is InChI=1S/C24H31N3O5/c1-30-21-16-19(5-6-20(21)32-18-23(28)27-12-14-31-15-13-27)17-26-10-7-24(29,8-11-26)22-4-2-3-9-25-22/h2-6,9,16,29H,7-8,10-15,17-18H2,1H3. The van der Waals surface area contributed by atoms with E-state index in [1.165, 1.54) is 0 Å². The molecular weight excluding hydrogens is 410 g/mol. The lowest BCUT2D eigenvalue weighted by atomic mass is 9.87. The molecule has 0 unspecified atom stereocenters. The van der Waals surface area contributed by atoms with Crippen LogP contribution in [0.5, 0.6) is 11.5 Å². The molecule has 2 aromatic rings. The molecule has 32 heavy (non-hydrogen) atoms. The van der Waals surface area contributed by atoms with Gasteiger partial charge in [0.25, 0.3) is 5.91 Å². The maximum Gasteiger partial charge on any atom is 0.260 e. The molecule has 2 fully saturated rings. The van der Waals surface area contributed by atoms with Gasteiger partial charge in [0, 0.05) is 38.9 Å². The van der Waals surface area contributed by atoms with Gasteiger partial charge in [0.05, 0.1) is 26.0 Å². The van der Waals surface area contributed by atoms with E-state index in [2.05, 4.69) is 9.88 Å². The van der Waals surface area contributed by atoms with Gasteiger partial charge < -0.3 is 24.2 Å². The first-order chi connectivity index (χ1) is 15.6. The molecule has 8 nitrogen and oxygen atoms in total. The van der Waals surface area contributed by atoms with Crippen molar-refractivity contribution in [2.75, 3.05) is 53.1 Å². The summed E-state index contributed by atoms with van der Waals surface area (Å²) in [5, 5.41) is 11.0. The molecule has 172 valence electrons. The predicted octanol–water partition coefficient (Wildman–Crippen LogP) is 1.81. The van der Waals surface area contributed by atoms with Crippen molar-refractivity contribution in [1.82, 2.24) is 14.8 Å². The lowest BCUT2D eigenvalue weighted by Gasteiger charge is -2.37. The van der Waals surface area contributed by atoms with Crippen molar-refractivity contribution >= 4 is 5.91 Å². The third kappa shape index (κ3) is 5.38. The number of aliphatic hydroxyl groups is 1. The summed E-state index contributed by atoms with van der Waals surface area (Å²) in [5.41, 5.74) is 0.978. The van der Waals surface area contributed by atoms with E-state index in [-0.39, 0.29) is 12.5 Å². The highest BCUT2D eigenvalue weighted by Crippen LogP contribution is 2.33. The second-order valence-corrected chi connectivity index (χ2v) is 8.29. The number of ether oxygens (including phenoxy) is 3. The largest absolute Gasteiger partial charge is 0.493 e. The molecule has 0 atom stereocenters. The first-order valence-corrected chi connectivity index (χ1v) is 11.1. The van der Waals surface area contributed by atoms with Crippen LogP contribution < -0.4 is 9.47 Å². The Kier molecular flexibility index (Phi) is 7.24. The van der Waals surface area contributed by atoms with Crippen LogP contribution in [0.4, 0.5) is 0 Å². The Hall–Kier alpha value is -2.68. The van der Waals surface area contributed by atoms with E-state index >= 15 is 0 Å². The zero-order valence-electron chi connectivity index (χ0n) is 18.5. The van der Waals surface area contributed by atoms with E-state index in [9.17, 15) is 9.90 Å². The van der Waals surface area contributed by atoms with E-state index < -0.39 is 5.60 Å². The van der Waals surface area contributed by atoms with Gasteiger partial charge >= 0.3 is 0 Å². The highest BCUT2D eigenvalue weighted by molar-refractivity contribution is 5.78. The van der Waals surface area contributed by atoms with Crippen LogP contribution in [0.3, 0.4) is 0 Å². The van der Waals surface area contributed by atoms with E-state index in [0.717, 1.165) is 30.9 Å². The summed E-state index contributed by atoms with van der Waals surface area (Å²) in [6, 6.07) is 11.5. The van der Waals surface area contributed by atoms with Gasteiger partial charge in [0.2, 0.25) is 0 Å². The van der Waals surface area contributed by atoms with Gasteiger partial charge in [-0.2, -0.15) is 0 Å². The van der Waals surface area contributed by atoms with Gasteiger partial charge in [0.15, 0.2) is 18.1 Å². The SMILES string of the molecule is COc1cc(CN2CCC(O)(c3ccccn3)CC2)ccc1OCC(=O)N1CCOCC1. The Bertz CT molecular complexity index is 894. The number of hydrogen-bond acceptors (Lipinski definition) is 7. The molecule has 2 saturated heterocycles. The van der Waals surface area contributed by atoms with Crippen molar-refractivity contribution in [2.24, 2.45) is 0 Å². The third-order valence-electron chi connectivity index (χ3n) is 6.17. The Labute approximate surface area is 188 Å². The highest BCUT2D eigenvalue weighted by Gasteiger charge is 2.35. The van der Waals surface area contributed by atoms with Crippen LogP contribution in [0.15, 0.2) is 42.6 Å². The van der Waals surface area contributed by atoms with Crippen LogP contribution in [0, 0.1) is 0 Å². The monoisotopic (exact) mass is 441 g/mol. The van der Waals surface area contributed by atoms with E-state index in [1.54, 1.807) is 18.2 Å². The maximum absolute atomic E-state index is 12.3. The van der Waals surface area contributed by atoms with Crippen LogP contribution in [0.2, 0.25) is 0 Å². The van der Waals surface area contributed by atoms with Crippen molar-refractivity contribution in [3.8, 4) is 11.5 Å². The smallest absolute Gasteiger partial charge is 0.260 e. The Balaban J connectivity index is 1.31. The number of morpholine rings is 1. The van der Waals surface area contributed by atoms with Crippen molar-refractivity contribution in [1.29, 1.82) is 0 Å². The number of aromatic nitrogens is 1. The van der Waals surface area contributed by atoms with Gasteiger partial charge in [-0.3, -0.25) is 14.7 Å². The molecule has 0 saturated carbocycles. The minimum Gasteiger partial charge on any atom is -0.493 e. The summed E-state index contributed by atoms with van der Waals surface area (Å²) in [6.07, 6.45) is 3.02. The number of hydrogen-bond donors (Lipinski definition) is 1. The van der Waals surface area contributed by atoms with Gasteiger partial charge in [-0.05, 0) is 42.7 Å². The van der Waals surface area contributed by atoms with Crippen LogP contribution in [0.25, 0.3) is 0 Å². The molecule has 0 bridgehead atoms. The summed E-state index contributed by atoms with van der Waals surface area (Å²) in [4.78, 5) is 20.7. The number of pyridine rings is 1. The maximum atomic E-state index is 12.3. The molecule has 1 aromatic heterocycles. The number of amides is 1. The summed E-state index contributed by atoms with van der Waals surface area (Å²) in [7, 11) is 1.60. The summed E-state index contributed by atoms with van der Waals surface area (Å²) in [5.74, 6) is 1.12. The second-order valence-electron chi connectivity index (χ2n) is 8.29. The fourth-order valence-electron chi connectivity index (χ4n) is 4.21. The molecule has 2 aliphatic heterocycles. The molecule has 0 radical (unpaired) electrons. The van der Waals surface area contributed by atoms with E-state index in [0.29, 0.717) is 50.6 Å². The molecule has 0 spiro atoms. The van der Waals surface area contributed by atoms with Crippen molar-refractivity contribution < 1.29 is 24.1 Å². The zero-order chi connectivity index (χ0) is 22.4. The fourth-order valence-corrected chi connectivity index (χ4v) is 4.21. The molecule has 8 heteroatoms. The van der Waals surface area contributed by atoms with Crippen molar-refractivity contribution in [3.63, 3.8) is 0 Å². The van der Waals surface area contributed by atoms with Crippen molar-refractivity contribution in [2.45, 2.75) is 25.0 Å². The Morgan fingerprint density at radius 3 is 2.59 bits per heavy atom. The number of nitrogens with zero attached hydrogens (tertiary/aromatic N) is 3. The minimum atomic E-state index is -0.861. The first kappa shape index (κ1) is 22.5. The molecule has 2 aliphatic rings. The normalized spacial score (nSPS) is 18.9. The number of carbonyl (C=O) groups excluding carboxylic acids is 1. The molecule has 3 heterocycles. The first-order valence-electron chi connectivity index (χ1n) is 11.1. The average molecular weight is 442 g/mol. The minimum absolute atomic E-state index is 0.0199. The summed E-state index contributed by atoms with van der Waals surface area (Å²) >= 11 is 0. The van der Waals surface area contributed by atoms with Crippen molar-refractivity contribution in [3.05, 3.63) is 53.9 Å². The highest BCUT2D eigenvalue weighted by atomic mass is 16.5. The summed E-state index contributed by atoms with van der Waals surface area (Å²) < 4.78 is 16.5. The fraction of sp³-hybridized carbons (Fsp3) is 0.500. The van der Waals surface area contributed by atoms with Gasteiger partial charge in [-0.25, -0.2) is 0 Å². The summed E-state index contributed by atoms with van der Waals surface area (Å²) in [6.45, 7) is 4.63. The van der Waals surface area contributed by atoms with Crippen LogP contribution >= 0.6 is 0 Å². The molecule has 0 aliphatic carbocycles. The average Bonchev–Trinajstić information content (AvgIpc) is 2.85. The number of likely N-dealkylation sites (tertiary alicyclic amines) is 1. The third-order valence-corrected chi connectivity index (χ3v) is 6.17. The molecule has 1 N–H and O–H groups in total. The van der Waals surface area contributed by atoms with Crippen LogP contribution in [-0.4, -0.2) is 78.9 Å². The van der Waals surface area contributed by atoms with Crippen LogP contribution in [0.1, 0.15) is 24.1 Å². The quantitative estimate of drug-likeness (QED) is 0.702. The lowest BCUT2D eigenvalue weighted by molar-refractivity contribution is -0.137. The number of carbonyl (C=O) groups is 1. The molecule has 1 aromatic carbocycles. The van der Waals surface area contributed by atoms with E-state index in [1.807, 2.05) is 36.4 Å². The number of rotatable bonds is 7. The Morgan fingerprint density at radius 1 is 1.12 bits per heavy atom. The van der Waals surface area contributed by atoms with E-state index in [4.69, 9.17) is 14.2 Å². The zero-order valence-corrected chi connectivity index (χ0v) is 18.5.